The van der Waals surface area contributed by atoms with Crippen molar-refractivity contribution in [3.05, 3.63) is 81.0 Å². The third kappa shape index (κ3) is 6.05. The molecule has 160 valence electrons. The number of nitrogens with one attached hydrogen (secondary N) is 3. The molecule has 1 atom stereocenters. The van der Waals surface area contributed by atoms with Crippen LogP contribution in [-0.4, -0.2) is 18.1 Å². The second-order valence-electron chi connectivity index (χ2n) is 6.81. The summed E-state index contributed by atoms with van der Waals surface area (Å²) in [5.74, 6) is 0. The Bertz CT molecular complexity index is 910. The molecule has 0 aliphatic carbocycles. The minimum Gasteiger partial charge on any atom is -0.441 e. The summed E-state index contributed by atoms with van der Waals surface area (Å²) in [4.78, 5) is 23.1. The van der Waals surface area contributed by atoms with Crippen LogP contribution in [0, 0.1) is 17.0 Å². The molecule has 0 fully saturated rings. The van der Waals surface area contributed by atoms with Crippen LogP contribution in [0.1, 0.15) is 49.5 Å². The summed E-state index contributed by atoms with van der Waals surface area (Å²) in [6.07, 6.45) is 0.389. The molecule has 0 aliphatic rings. The lowest BCUT2D eigenvalue weighted by atomic mass is 10.0. The van der Waals surface area contributed by atoms with E-state index in [1.165, 1.54) is 12.1 Å². The van der Waals surface area contributed by atoms with Crippen molar-refractivity contribution in [2.75, 3.05) is 7.05 Å². The average Bonchev–Trinajstić information content (AvgIpc) is 2.72. The first-order chi connectivity index (χ1) is 14.4. The Morgan fingerprint density at radius 3 is 2.40 bits per heavy atom. The molecule has 0 aliphatic heterocycles. The molecule has 0 heterocycles. The van der Waals surface area contributed by atoms with Gasteiger partial charge in [-0.2, -0.15) is 0 Å². The van der Waals surface area contributed by atoms with Gasteiger partial charge in [0, 0.05) is 30.4 Å². The standard InChI is InChI=1S/C22H28N4O4/c1-5-8-20(21(25-23-4)17-11-13-18(14-12-17)26(28)29)24-22(27)30-16(3)19-10-7-6-9-15(19)2/h6-7,9-14,16,23,25H,5,8H2,1-4H3,(H,24,27)/b21-20+. The van der Waals surface area contributed by atoms with E-state index < -0.39 is 17.1 Å². The molecular formula is C22H28N4O4. The summed E-state index contributed by atoms with van der Waals surface area (Å²) in [5, 5.41) is 13.8. The number of nitro benzene ring substituents is 1. The van der Waals surface area contributed by atoms with Gasteiger partial charge >= 0.3 is 6.09 Å². The van der Waals surface area contributed by atoms with Crippen LogP contribution in [0.25, 0.3) is 5.70 Å². The maximum absolute atomic E-state index is 12.6. The largest absolute Gasteiger partial charge is 0.441 e. The number of alkyl carbamates (subject to hydrolysis) is 1. The summed E-state index contributed by atoms with van der Waals surface area (Å²) >= 11 is 0. The number of carbonyl (C=O) groups excluding carboxylic acids is 1. The molecule has 0 spiro atoms. The number of allylic oxidation sites excluding steroid dienone is 1. The molecule has 1 amide bonds. The number of nitrogens with zero attached hydrogens (tertiary/aromatic N) is 1. The van der Waals surface area contributed by atoms with Crippen molar-refractivity contribution in [2.45, 2.75) is 39.7 Å². The topological polar surface area (TPSA) is 106 Å². The van der Waals surface area contributed by atoms with E-state index in [0.29, 0.717) is 23.4 Å². The van der Waals surface area contributed by atoms with E-state index in [0.717, 1.165) is 17.5 Å². The molecule has 2 aromatic carbocycles. The number of hydrogen-bond acceptors (Lipinski definition) is 6. The van der Waals surface area contributed by atoms with Gasteiger partial charge in [0.2, 0.25) is 0 Å². The van der Waals surface area contributed by atoms with E-state index in [-0.39, 0.29) is 5.69 Å². The fourth-order valence-electron chi connectivity index (χ4n) is 3.12. The third-order valence-electron chi connectivity index (χ3n) is 4.58. The van der Waals surface area contributed by atoms with E-state index in [4.69, 9.17) is 4.74 Å². The van der Waals surface area contributed by atoms with Gasteiger partial charge in [-0.1, -0.05) is 37.6 Å². The van der Waals surface area contributed by atoms with Crippen LogP contribution in [0.4, 0.5) is 10.5 Å². The normalized spacial score (nSPS) is 12.5. The van der Waals surface area contributed by atoms with E-state index in [1.54, 1.807) is 19.2 Å². The van der Waals surface area contributed by atoms with E-state index >= 15 is 0 Å². The highest BCUT2D eigenvalue weighted by molar-refractivity contribution is 5.76. The van der Waals surface area contributed by atoms with Crippen molar-refractivity contribution < 1.29 is 14.5 Å². The second kappa shape index (κ2) is 11.0. The summed E-state index contributed by atoms with van der Waals surface area (Å²) in [6, 6.07) is 13.9. The first-order valence-corrected chi connectivity index (χ1v) is 9.81. The smallest absolute Gasteiger partial charge is 0.412 e. The lowest BCUT2D eigenvalue weighted by Crippen LogP contribution is -2.32. The second-order valence-corrected chi connectivity index (χ2v) is 6.81. The number of amides is 1. The van der Waals surface area contributed by atoms with Gasteiger partial charge < -0.3 is 10.2 Å². The predicted octanol–water partition coefficient (Wildman–Crippen LogP) is 4.58. The Morgan fingerprint density at radius 1 is 1.17 bits per heavy atom. The van der Waals surface area contributed by atoms with Crippen molar-refractivity contribution in [1.29, 1.82) is 0 Å². The number of rotatable bonds is 9. The Balaban J connectivity index is 2.26. The van der Waals surface area contributed by atoms with Crippen LogP contribution in [0.3, 0.4) is 0 Å². The number of non-ortho nitro benzene ring substituents is 1. The molecule has 2 rings (SSSR count). The zero-order chi connectivity index (χ0) is 22.1. The fraction of sp³-hybridized carbons (Fsp3) is 0.318. The zero-order valence-electron chi connectivity index (χ0n) is 17.7. The molecular weight excluding hydrogens is 384 g/mol. The van der Waals surface area contributed by atoms with Gasteiger partial charge in [0.1, 0.15) is 6.10 Å². The minimum absolute atomic E-state index is 0.000904. The number of carbonyl (C=O) groups is 1. The minimum atomic E-state index is -0.563. The SMILES string of the molecule is CCC/C(NC(=O)OC(C)c1ccccc1C)=C(\NNC)c1ccc([N+](=O)[O-])cc1. The van der Waals surface area contributed by atoms with Gasteiger partial charge in [0.05, 0.1) is 10.6 Å². The monoisotopic (exact) mass is 412 g/mol. The van der Waals surface area contributed by atoms with Crippen LogP contribution < -0.4 is 16.2 Å². The fourth-order valence-corrected chi connectivity index (χ4v) is 3.12. The first-order valence-electron chi connectivity index (χ1n) is 9.81. The molecule has 0 bridgehead atoms. The lowest BCUT2D eigenvalue weighted by molar-refractivity contribution is -0.384. The summed E-state index contributed by atoms with van der Waals surface area (Å²) < 4.78 is 5.59. The molecule has 0 aromatic heterocycles. The zero-order valence-corrected chi connectivity index (χ0v) is 17.7. The molecule has 0 saturated carbocycles. The maximum Gasteiger partial charge on any atom is 0.412 e. The van der Waals surface area contributed by atoms with Crippen LogP contribution in [-0.2, 0) is 4.74 Å². The molecule has 30 heavy (non-hydrogen) atoms. The van der Waals surface area contributed by atoms with Crippen LogP contribution in [0.15, 0.2) is 54.2 Å². The average molecular weight is 412 g/mol. The Kier molecular flexibility index (Phi) is 8.37. The molecule has 8 heteroatoms. The Labute approximate surface area is 176 Å². The van der Waals surface area contributed by atoms with E-state index in [9.17, 15) is 14.9 Å². The van der Waals surface area contributed by atoms with Crippen LogP contribution in [0.2, 0.25) is 0 Å². The van der Waals surface area contributed by atoms with Gasteiger partial charge in [0.25, 0.3) is 5.69 Å². The highest BCUT2D eigenvalue weighted by Gasteiger charge is 2.17. The Hall–Kier alpha value is -3.39. The number of ether oxygens (including phenoxy) is 1. The molecule has 1 unspecified atom stereocenters. The van der Waals surface area contributed by atoms with Crippen LogP contribution >= 0.6 is 0 Å². The summed E-state index contributed by atoms with van der Waals surface area (Å²) in [7, 11) is 1.70. The van der Waals surface area contributed by atoms with Gasteiger partial charge in [-0.25, -0.2) is 10.2 Å². The Morgan fingerprint density at radius 2 is 1.83 bits per heavy atom. The molecule has 0 radical (unpaired) electrons. The highest BCUT2D eigenvalue weighted by Crippen LogP contribution is 2.23. The van der Waals surface area contributed by atoms with Crippen molar-refractivity contribution in [1.82, 2.24) is 16.2 Å². The number of nitro groups is 1. The maximum atomic E-state index is 12.6. The molecule has 0 saturated heterocycles. The lowest BCUT2D eigenvalue weighted by Gasteiger charge is -2.20. The highest BCUT2D eigenvalue weighted by atomic mass is 16.6. The third-order valence-corrected chi connectivity index (χ3v) is 4.58. The number of aryl methyl sites for hydroxylation is 1. The van der Waals surface area contributed by atoms with Gasteiger partial charge in [0.15, 0.2) is 0 Å². The molecule has 2 aromatic rings. The number of benzene rings is 2. The van der Waals surface area contributed by atoms with Crippen molar-refractivity contribution >= 4 is 17.5 Å². The van der Waals surface area contributed by atoms with Crippen molar-refractivity contribution in [2.24, 2.45) is 0 Å². The van der Waals surface area contributed by atoms with E-state index in [2.05, 4.69) is 16.2 Å². The number of hydrazine groups is 1. The van der Waals surface area contributed by atoms with Gasteiger partial charge in [-0.3, -0.25) is 15.4 Å². The quantitative estimate of drug-likeness (QED) is 0.411. The summed E-state index contributed by atoms with van der Waals surface area (Å²) in [6.45, 7) is 5.79. The predicted molar refractivity (Wildman–Crippen MR) is 116 cm³/mol. The van der Waals surface area contributed by atoms with Gasteiger partial charge in [-0.15, -0.1) is 0 Å². The van der Waals surface area contributed by atoms with Gasteiger partial charge in [-0.05, 0) is 43.5 Å². The number of hydrogen-bond donors (Lipinski definition) is 3. The van der Waals surface area contributed by atoms with E-state index in [1.807, 2.05) is 45.0 Å². The van der Waals surface area contributed by atoms with Crippen molar-refractivity contribution in [3.8, 4) is 0 Å². The summed E-state index contributed by atoms with van der Waals surface area (Å²) in [5.41, 5.74) is 9.81. The van der Waals surface area contributed by atoms with Crippen LogP contribution in [0.5, 0.6) is 0 Å². The van der Waals surface area contributed by atoms with Crippen molar-refractivity contribution in [3.63, 3.8) is 0 Å². The first kappa shape index (κ1) is 22.9. The molecule has 3 N–H and O–H groups in total. The molecule has 8 nitrogen and oxygen atoms in total.